The van der Waals surface area contributed by atoms with Crippen LogP contribution in [-0.4, -0.2) is 19.8 Å². The number of benzene rings is 1. The lowest BCUT2D eigenvalue weighted by Crippen LogP contribution is -2.00. The second-order valence-corrected chi connectivity index (χ2v) is 7.69. The molecule has 1 unspecified atom stereocenters. The number of rotatable bonds is 3. The SMILES string of the molecule is CS(=O)(=O)c1ccc(C(O)c2sccc2Br)cc1. The maximum atomic E-state index is 11.3. The first kappa shape index (κ1) is 13.7. The fourth-order valence-electron chi connectivity index (χ4n) is 1.55. The summed E-state index contributed by atoms with van der Waals surface area (Å²) < 4.78 is 23.5. The fraction of sp³-hybridized carbons (Fsp3) is 0.167. The van der Waals surface area contributed by atoms with Crippen molar-refractivity contribution < 1.29 is 13.5 Å². The lowest BCUT2D eigenvalue weighted by atomic mass is 10.1. The summed E-state index contributed by atoms with van der Waals surface area (Å²) in [5.41, 5.74) is 0.672. The van der Waals surface area contributed by atoms with Crippen LogP contribution in [0, 0.1) is 0 Å². The summed E-state index contributed by atoms with van der Waals surface area (Å²) in [5.74, 6) is 0. The summed E-state index contributed by atoms with van der Waals surface area (Å²) in [6.07, 6.45) is 0.418. The Balaban J connectivity index is 2.33. The average molecular weight is 347 g/mol. The van der Waals surface area contributed by atoms with Crippen molar-refractivity contribution in [2.24, 2.45) is 0 Å². The van der Waals surface area contributed by atoms with Crippen LogP contribution < -0.4 is 0 Å². The van der Waals surface area contributed by atoms with Crippen molar-refractivity contribution in [3.8, 4) is 0 Å². The molecule has 96 valence electrons. The normalized spacial score (nSPS) is 13.5. The van der Waals surface area contributed by atoms with Crippen LogP contribution in [0.15, 0.2) is 45.1 Å². The molecule has 0 spiro atoms. The first-order chi connectivity index (χ1) is 8.39. The third kappa shape index (κ3) is 2.83. The monoisotopic (exact) mass is 346 g/mol. The van der Waals surface area contributed by atoms with Crippen LogP contribution in [0.1, 0.15) is 16.5 Å². The molecule has 0 bridgehead atoms. The minimum absolute atomic E-state index is 0.253. The summed E-state index contributed by atoms with van der Waals surface area (Å²) in [5, 5.41) is 12.1. The molecule has 0 saturated heterocycles. The highest BCUT2D eigenvalue weighted by Crippen LogP contribution is 2.33. The van der Waals surface area contributed by atoms with Gasteiger partial charge in [-0.2, -0.15) is 0 Å². The van der Waals surface area contributed by atoms with Gasteiger partial charge in [-0.1, -0.05) is 12.1 Å². The average Bonchev–Trinajstić information content (AvgIpc) is 2.73. The van der Waals surface area contributed by atoms with E-state index < -0.39 is 15.9 Å². The van der Waals surface area contributed by atoms with E-state index in [2.05, 4.69) is 15.9 Å². The number of aliphatic hydroxyl groups is 1. The second kappa shape index (κ2) is 5.13. The molecule has 0 fully saturated rings. The summed E-state index contributed by atoms with van der Waals surface area (Å²) in [6, 6.07) is 8.15. The van der Waals surface area contributed by atoms with Crippen LogP contribution in [0.4, 0.5) is 0 Å². The zero-order valence-corrected chi connectivity index (χ0v) is 12.7. The van der Waals surface area contributed by atoms with E-state index in [0.29, 0.717) is 5.56 Å². The Hall–Kier alpha value is -0.690. The minimum atomic E-state index is -3.20. The van der Waals surface area contributed by atoms with Gasteiger partial charge in [0.15, 0.2) is 9.84 Å². The largest absolute Gasteiger partial charge is 0.383 e. The topological polar surface area (TPSA) is 54.4 Å². The van der Waals surface area contributed by atoms with Crippen LogP contribution in [0.2, 0.25) is 0 Å². The van der Waals surface area contributed by atoms with E-state index in [1.54, 1.807) is 12.1 Å². The van der Waals surface area contributed by atoms with Crippen molar-refractivity contribution in [1.82, 2.24) is 0 Å². The van der Waals surface area contributed by atoms with Gasteiger partial charge < -0.3 is 5.11 Å². The molecule has 0 radical (unpaired) electrons. The Morgan fingerprint density at radius 2 is 1.83 bits per heavy atom. The maximum absolute atomic E-state index is 11.3. The molecule has 0 saturated carbocycles. The van der Waals surface area contributed by atoms with Crippen LogP contribution in [0.5, 0.6) is 0 Å². The molecule has 1 N–H and O–H groups in total. The maximum Gasteiger partial charge on any atom is 0.175 e. The Morgan fingerprint density at radius 3 is 2.28 bits per heavy atom. The highest BCUT2D eigenvalue weighted by Gasteiger charge is 2.16. The molecule has 6 heteroatoms. The first-order valence-electron chi connectivity index (χ1n) is 5.10. The van der Waals surface area contributed by atoms with E-state index in [1.165, 1.54) is 23.5 Å². The molecule has 2 rings (SSSR count). The van der Waals surface area contributed by atoms with Gasteiger partial charge in [-0.05, 0) is 45.1 Å². The number of sulfone groups is 1. The van der Waals surface area contributed by atoms with Gasteiger partial charge in [0.1, 0.15) is 6.10 Å². The van der Waals surface area contributed by atoms with Crippen molar-refractivity contribution in [3.63, 3.8) is 0 Å². The molecular formula is C12H11BrO3S2. The Kier molecular flexibility index (Phi) is 3.91. The van der Waals surface area contributed by atoms with Crippen molar-refractivity contribution in [3.05, 3.63) is 50.6 Å². The summed E-state index contributed by atoms with van der Waals surface area (Å²) >= 11 is 4.81. The zero-order valence-electron chi connectivity index (χ0n) is 9.50. The molecule has 0 aliphatic heterocycles. The summed E-state index contributed by atoms with van der Waals surface area (Å²) in [7, 11) is -3.20. The van der Waals surface area contributed by atoms with E-state index in [-0.39, 0.29) is 4.90 Å². The first-order valence-corrected chi connectivity index (χ1v) is 8.67. The van der Waals surface area contributed by atoms with Crippen molar-refractivity contribution in [1.29, 1.82) is 0 Å². The quantitative estimate of drug-likeness (QED) is 0.929. The van der Waals surface area contributed by atoms with Crippen molar-refractivity contribution >= 4 is 37.1 Å². The fourth-order valence-corrected chi connectivity index (χ4v) is 3.78. The van der Waals surface area contributed by atoms with E-state index in [1.807, 2.05) is 11.4 Å². The summed E-state index contributed by atoms with van der Waals surface area (Å²) in [4.78, 5) is 1.06. The van der Waals surface area contributed by atoms with Crippen LogP contribution in [0.3, 0.4) is 0 Å². The third-order valence-corrected chi connectivity index (χ3v) is 5.57. The minimum Gasteiger partial charge on any atom is -0.383 e. The molecule has 1 aromatic heterocycles. The van der Waals surface area contributed by atoms with E-state index in [9.17, 15) is 13.5 Å². The number of halogens is 1. The lowest BCUT2D eigenvalue weighted by molar-refractivity contribution is 0.223. The molecule has 1 heterocycles. The molecule has 0 amide bonds. The van der Waals surface area contributed by atoms with E-state index >= 15 is 0 Å². The highest BCUT2D eigenvalue weighted by atomic mass is 79.9. The number of aliphatic hydroxyl groups excluding tert-OH is 1. The van der Waals surface area contributed by atoms with Crippen LogP contribution >= 0.6 is 27.3 Å². The van der Waals surface area contributed by atoms with Gasteiger partial charge in [0.05, 0.1) is 9.77 Å². The van der Waals surface area contributed by atoms with Gasteiger partial charge in [0, 0.05) is 10.7 Å². The van der Waals surface area contributed by atoms with Gasteiger partial charge in [0.25, 0.3) is 0 Å². The van der Waals surface area contributed by atoms with Gasteiger partial charge in [-0.25, -0.2) is 8.42 Å². The molecule has 18 heavy (non-hydrogen) atoms. The highest BCUT2D eigenvalue weighted by molar-refractivity contribution is 9.10. The lowest BCUT2D eigenvalue weighted by Gasteiger charge is -2.10. The van der Waals surface area contributed by atoms with Crippen molar-refractivity contribution in [2.45, 2.75) is 11.0 Å². The number of hydrogen-bond donors (Lipinski definition) is 1. The van der Waals surface area contributed by atoms with Gasteiger partial charge in [-0.3, -0.25) is 0 Å². The number of thiophene rings is 1. The molecule has 0 aliphatic carbocycles. The molecule has 1 atom stereocenters. The Bertz CT molecular complexity index is 644. The molecule has 3 nitrogen and oxygen atoms in total. The van der Waals surface area contributed by atoms with Crippen LogP contribution in [-0.2, 0) is 9.84 Å². The predicted molar refractivity (Wildman–Crippen MR) is 75.6 cm³/mol. The van der Waals surface area contributed by atoms with Crippen LogP contribution in [0.25, 0.3) is 0 Å². The van der Waals surface area contributed by atoms with E-state index in [0.717, 1.165) is 15.6 Å². The molecule has 2 aromatic rings. The molecule has 0 aliphatic rings. The third-order valence-electron chi connectivity index (χ3n) is 2.52. The molecule has 1 aromatic carbocycles. The zero-order chi connectivity index (χ0) is 13.3. The molecular weight excluding hydrogens is 336 g/mol. The van der Waals surface area contributed by atoms with Gasteiger partial charge in [0.2, 0.25) is 0 Å². The van der Waals surface area contributed by atoms with Gasteiger partial charge in [-0.15, -0.1) is 11.3 Å². The second-order valence-electron chi connectivity index (χ2n) is 3.88. The standard InChI is InChI=1S/C12H11BrO3S2/c1-18(15,16)9-4-2-8(3-5-9)11(14)12-10(13)6-7-17-12/h2-7,11,14H,1H3. The Labute approximate surface area is 118 Å². The predicted octanol–water partition coefficient (Wildman–Crippen LogP) is 3.00. The summed E-state index contributed by atoms with van der Waals surface area (Å²) in [6.45, 7) is 0. The Morgan fingerprint density at radius 1 is 1.22 bits per heavy atom. The smallest absolute Gasteiger partial charge is 0.175 e. The van der Waals surface area contributed by atoms with E-state index in [4.69, 9.17) is 0 Å². The van der Waals surface area contributed by atoms with Gasteiger partial charge >= 0.3 is 0 Å². The van der Waals surface area contributed by atoms with Crippen molar-refractivity contribution in [2.75, 3.05) is 6.26 Å². The number of hydrogen-bond acceptors (Lipinski definition) is 4.